The topological polar surface area (TPSA) is 78.8 Å². The van der Waals surface area contributed by atoms with E-state index in [1.54, 1.807) is 6.07 Å². The van der Waals surface area contributed by atoms with Gasteiger partial charge in [-0.25, -0.2) is 0 Å². The van der Waals surface area contributed by atoms with Crippen LogP contribution in [-0.2, 0) is 10.0 Å². The fraction of sp³-hybridized carbons (Fsp3) is 0.391. The summed E-state index contributed by atoms with van der Waals surface area (Å²) in [6.07, 6.45) is 3.50. The number of fused-ring (bicyclic) bond motifs is 3. The van der Waals surface area contributed by atoms with Crippen LogP contribution in [0.4, 0.5) is 5.69 Å². The third-order valence-corrected chi connectivity index (χ3v) is 7.44. The molecule has 0 radical (unpaired) electrons. The lowest BCUT2D eigenvalue weighted by Crippen LogP contribution is -2.36. The largest absolute Gasteiger partial charge is 0.345 e. The Bertz CT molecular complexity index is 1130. The van der Waals surface area contributed by atoms with Crippen LogP contribution in [0.5, 0.6) is 0 Å². The normalized spacial score (nSPS) is 18.5. The van der Waals surface area contributed by atoms with Crippen molar-refractivity contribution in [2.75, 3.05) is 11.4 Å². The van der Waals surface area contributed by atoms with E-state index in [-0.39, 0.29) is 27.4 Å². The Kier molecular flexibility index (Phi) is 6.08. The summed E-state index contributed by atoms with van der Waals surface area (Å²) in [6.45, 7) is 4.73. The molecule has 31 heavy (non-hydrogen) atoms. The Hall–Kier alpha value is -2.38. The number of carbonyl (C=O) groups excluding carboxylic acids is 1. The number of amides is 1. The molecule has 0 aromatic heterocycles. The van der Waals surface area contributed by atoms with Crippen molar-refractivity contribution >= 4 is 39.1 Å². The Morgan fingerprint density at radius 3 is 2.58 bits per heavy atom. The van der Waals surface area contributed by atoms with Gasteiger partial charge in [0.05, 0.1) is 22.3 Å². The molecule has 2 heterocycles. The fourth-order valence-corrected chi connectivity index (χ4v) is 5.69. The van der Waals surface area contributed by atoms with Crippen LogP contribution in [0, 0.1) is 5.92 Å². The lowest BCUT2D eigenvalue weighted by Gasteiger charge is -2.30. The minimum atomic E-state index is -3.89. The molecule has 0 saturated carbocycles. The summed E-state index contributed by atoms with van der Waals surface area (Å²) in [4.78, 5) is 15.1. The quantitative estimate of drug-likeness (QED) is 0.701. The second-order valence-electron chi connectivity index (χ2n) is 8.35. The van der Waals surface area contributed by atoms with Gasteiger partial charge in [-0.1, -0.05) is 62.2 Å². The van der Waals surface area contributed by atoms with Gasteiger partial charge in [0.2, 0.25) is 0 Å². The first-order valence-electron chi connectivity index (χ1n) is 10.6. The van der Waals surface area contributed by atoms with Gasteiger partial charge in [0.25, 0.3) is 15.9 Å². The summed E-state index contributed by atoms with van der Waals surface area (Å²) in [7, 11) is -3.89. The number of rotatable bonds is 4. The molecule has 0 spiro atoms. The summed E-state index contributed by atoms with van der Waals surface area (Å²) in [5.74, 6) is 0.286. The number of amidine groups is 1. The van der Waals surface area contributed by atoms with Crippen molar-refractivity contribution in [2.24, 2.45) is 10.3 Å². The number of sulfonamides is 1. The number of hydrogen-bond acceptors (Lipinski definition) is 4. The highest BCUT2D eigenvalue weighted by atomic mass is 35.5. The van der Waals surface area contributed by atoms with E-state index in [4.69, 9.17) is 11.6 Å². The van der Waals surface area contributed by atoms with Crippen LogP contribution in [0.3, 0.4) is 0 Å². The Labute approximate surface area is 188 Å². The SMILES string of the molecule is CC(C)[C@@H](NC(=O)c1cc2c(cc1Cl)N1CCCCCC1=NS2(=O)=O)c1ccccc1. The van der Waals surface area contributed by atoms with Gasteiger partial charge in [0.1, 0.15) is 10.7 Å². The van der Waals surface area contributed by atoms with Gasteiger partial charge < -0.3 is 10.2 Å². The van der Waals surface area contributed by atoms with Crippen molar-refractivity contribution in [1.29, 1.82) is 0 Å². The van der Waals surface area contributed by atoms with Crippen LogP contribution in [-0.4, -0.2) is 26.7 Å². The van der Waals surface area contributed by atoms with Crippen LogP contribution < -0.4 is 10.2 Å². The van der Waals surface area contributed by atoms with Crippen LogP contribution in [0.25, 0.3) is 0 Å². The molecular formula is C23H26ClN3O3S. The Morgan fingerprint density at radius 2 is 1.87 bits per heavy atom. The van der Waals surface area contributed by atoms with Crippen LogP contribution >= 0.6 is 11.6 Å². The zero-order valence-corrected chi connectivity index (χ0v) is 19.2. The van der Waals surface area contributed by atoms with E-state index in [0.717, 1.165) is 24.8 Å². The first-order valence-corrected chi connectivity index (χ1v) is 12.4. The van der Waals surface area contributed by atoms with Gasteiger partial charge in [-0.2, -0.15) is 8.42 Å². The smallest absolute Gasteiger partial charge is 0.286 e. The molecule has 8 heteroatoms. The molecule has 4 rings (SSSR count). The van der Waals surface area contributed by atoms with Crippen molar-refractivity contribution in [3.8, 4) is 0 Å². The summed E-state index contributed by atoms with van der Waals surface area (Å²) >= 11 is 6.51. The van der Waals surface area contributed by atoms with E-state index in [0.29, 0.717) is 24.5 Å². The fourth-order valence-electron chi connectivity index (χ4n) is 4.18. The van der Waals surface area contributed by atoms with Crippen molar-refractivity contribution in [3.05, 3.63) is 58.6 Å². The van der Waals surface area contributed by atoms with Gasteiger partial charge in [-0.15, -0.1) is 4.40 Å². The zero-order valence-electron chi connectivity index (χ0n) is 17.6. The number of nitrogens with zero attached hydrogens (tertiary/aromatic N) is 2. The van der Waals surface area contributed by atoms with Crippen LogP contribution in [0.1, 0.15) is 61.5 Å². The number of halogens is 1. The average Bonchev–Trinajstić information content (AvgIpc) is 2.96. The first-order chi connectivity index (χ1) is 14.8. The van der Waals surface area contributed by atoms with Crippen molar-refractivity contribution in [3.63, 3.8) is 0 Å². The maximum Gasteiger partial charge on any atom is 0.286 e. The lowest BCUT2D eigenvalue weighted by atomic mass is 9.95. The number of benzene rings is 2. The minimum Gasteiger partial charge on any atom is -0.345 e. The molecule has 0 aliphatic carbocycles. The zero-order chi connectivity index (χ0) is 22.2. The van der Waals surface area contributed by atoms with Gasteiger partial charge in [-0.05, 0) is 36.5 Å². The summed E-state index contributed by atoms with van der Waals surface area (Å²) < 4.78 is 29.8. The average molecular weight is 460 g/mol. The van der Waals surface area contributed by atoms with Gasteiger partial charge in [0.15, 0.2) is 0 Å². The molecule has 1 atom stereocenters. The van der Waals surface area contributed by atoms with E-state index >= 15 is 0 Å². The molecule has 0 bridgehead atoms. The molecule has 1 fully saturated rings. The number of carbonyl (C=O) groups is 1. The molecule has 1 amide bonds. The van der Waals surface area contributed by atoms with Gasteiger partial charge in [-0.3, -0.25) is 4.79 Å². The van der Waals surface area contributed by atoms with E-state index in [2.05, 4.69) is 9.71 Å². The van der Waals surface area contributed by atoms with Crippen LogP contribution in [0.2, 0.25) is 5.02 Å². The summed E-state index contributed by atoms with van der Waals surface area (Å²) in [5, 5.41) is 3.25. The second kappa shape index (κ2) is 8.63. The predicted molar refractivity (Wildman–Crippen MR) is 123 cm³/mol. The lowest BCUT2D eigenvalue weighted by molar-refractivity contribution is 0.0925. The molecule has 2 aromatic rings. The minimum absolute atomic E-state index is 0.0357. The molecule has 1 N–H and O–H groups in total. The molecule has 2 aliphatic heterocycles. The molecule has 0 unspecified atom stereocenters. The molecule has 164 valence electrons. The van der Waals surface area contributed by atoms with Crippen molar-refractivity contribution < 1.29 is 13.2 Å². The summed E-state index contributed by atoms with van der Waals surface area (Å²) in [6, 6.07) is 12.4. The van der Waals surface area contributed by atoms with E-state index in [1.807, 2.05) is 49.1 Å². The monoisotopic (exact) mass is 459 g/mol. The highest BCUT2D eigenvalue weighted by Crippen LogP contribution is 2.38. The third kappa shape index (κ3) is 4.34. The number of hydrogen-bond donors (Lipinski definition) is 1. The maximum atomic E-state index is 13.1. The summed E-state index contributed by atoms with van der Waals surface area (Å²) in [5.41, 5.74) is 1.63. The highest BCUT2D eigenvalue weighted by molar-refractivity contribution is 7.90. The van der Waals surface area contributed by atoms with Gasteiger partial charge >= 0.3 is 0 Å². The molecular weight excluding hydrogens is 434 g/mol. The maximum absolute atomic E-state index is 13.1. The molecule has 6 nitrogen and oxygen atoms in total. The molecule has 1 saturated heterocycles. The number of anilines is 1. The Balaban J connectivity index is 1.71. The van der Waals surface area contributed by atoms with Gasteiger partial charge in [0, 0.05) is 13.0 Å². The first kappa shape index (κ1) is 21.8. The van der Waals surface area contributed by atoms with E-state index < -0.39 is 15.9 Å². The second-order valence-corrected chi connectivity index (χ2v) is 10.3. The van der Waals surface area contributed by atoms with Crippen LogP contribution in [0.15, 0.2) is 51.8 Å². The van der Waals surface area contributed by atoms with E-state index in [1.165, 1.54) is 6.07 Å². The molecule has 2 aliphatic rings. The molecule has 2 aromatic carbocycles. The highest BCUT2D eigenvalue weighted by Gasteiger charge is 2.33. The van der Waals surface area contributed by atoms with Crippen molar-refractivity contribution in [1.82, 2.24) is 5.32 Å². The van der Waals surface area contributed by atoms with Crippen molar-refractivity contribution in [2.45, 2.75) is 50.5 Å². The predicted octanol–water partition coefficient (Wildman–Crippen LogP) is 4.95. The van der Waals surface area contributed by atoms with E-state index in [9.17, 15) is 13.2 Å². The standard InChI is InChI=1S/C23H26ClN3O3S/c1-15(2)22(16-9-5-3-6-10-16)25-23(28)17-13-20-19(14-18(17)24)27-12-8-4-7-11-21(27)26-31(20,29)30/h3,5-6,9-10,13-15,22H,4,7-8,11-12H2,1-2H3,(H,25,28)/t22-/m1/s1. The number of nitrogens with one attached hydrogen (secondary N) is 1. The Morgan fingerprint density at radius 1 is 1.13 bits per heavy atom. The third-order valence-electron chi connectivity index (χ3n) is 5.79.